The molecule has 0 unspecified atom stereocenters. The van der Waals surface area contributed by atoms with E-state index in [0.29, 0.717) is 11.8 Å². The largest absolute Gasteiger partial charge is 0.490 e. The fourth-order valence-corrected chi connectivity index (χ4v) is 3.58. The summed E-state index contributed by atoms with van der Waals surface area (Å²) in [5, 5.41) is 9.14. The van der Waals surface area contributed by atoms with Gasteiger partial charge >= 0.3 is 0 Å². The van der Waals surface area contributed by atoms with Gasteiger partial charge in [0.05, 0.1) is 17.7 Å². The molecule has 1 aromatic carbocycles. The lowest BCUT2D eigenvalue weighted by Gasteiger charge is -2.28. The molecule has 0 saturated heterocycles. The number of hydrogen-bond donors (Lipinski definition) is 1. The molecular formula is C21H27N3O. The number of nitrogens with zero attached hydrogens (tertiary/aromatic N) is 2. The molecule has 3 rings (SSSR count). The third-order valence-electron chi connectivity index (χ3n) is 5.16. The minimum absolute atomic E-state index is 0.265. The highest BCUT2D eigenvalue weighted by molar-refractivity contribution is 5.42. The van der Waals surface area contributed by atoms with Crippen LogP contribution in [0.4, 0.5) is 0 Å². The maximum absolute atomic E-state index is 9.14. The Morgan fingerprint density at radius 3 is 2.64 bits per heavy atom. The first-order valence-electron chi connectivity index (χ1n) is 9.35. The van der Waals surface area contributed by atoms with Crippen LogP contribution < -0.4 is 4.74 Å². The number of aryl methyl sites for hydroxylation is 1. The highest BCUT2D eigenvalue weighted by Gasteiger charge is 2.25. The zero-order chi connectivity index (χ0) is 17.8. The van der Waals surface area contributed by atoms with E-state index in [1.807, 2.05) is 24.4 Å². The number of rotatable bonds is 5. The van der Waals surface area contributed by atoms with Crippen LogP contribution in [0.25, 0.3) is 0 Å². The molecule has 132 valence electrons. The van der Waals surface area contributed by atoms with Crippen LogP contribution in [-0.2, 0) is 6.42 Å². The highest BCUT2D eigenvalue weighted by Crippen LogP contribution is 2.34. The minimum Gasteiger partial charge on any atom is -0.490 e. The standard InChI is InChI=1S/C21H27N3O/c1-4-15-11-19(10-7-17(15)12-22)25-18-8-5-16(6-9-18)20-13-23-21(24-20)14(2)3/h7,10-11,13-14,16,18H,4-6,8-9H2,1-3H3,(H,23,24). The zero-order valence-corrected chi connectivity index (χ0v) is 15.4. The first-order valence-corrected chi connectivity index (χ1v) is 9.35. The van der Waals surface area contributed by atoms with Crippen molar-refractivity contribution >= 4 is 0 Å². The first-order chi connectivity index (χ1) is 12.1. The summed E-state index contributed by atoms with van der Waals surface area (Å²) >= 11 is 0. The molecule has 0 radical (unpaired) electrons. The molecule has 0 amide bonds. The molecule has 1 saturated carbocycles. The summed E-state index contributed by atoms with van der Waals surface area (Å²) < 4.78 is 6.19. The van der Waals surface area contributed by atoms with Crippen molar-refractivity contribution in [3.8, 4) is 11.8 Å². The second kappa shape index (κ2) is 7.74. The summed E-state index contributed by atoms with van der Waals surface area (Å²) in [5.41, 5.74) is 3.08. The Kier molecular flexibility index (Phi) is 5.43. The number of nitrogens with one attached hydrogen (secondary N) is 1. The quantitative estimate of drug-likeness (QED) is 0.828. The van der Waals surface area contributed by atoms with E-state index in [0.717, 1.165) is 54.8 Å². The van der Waals surface area contributed by atoms with Crippen molar-refractivity contribution in [1.29, 1.82) is 5.26 Å². The number of ether oxygens (including phenoxy) is 1. The van der Waals surface area contributed by atoms with Crippen molar-refractivity contribution in [2.24, 2.45) is 0 Å². The number of nitriles is 1. The van der Waals surface area contributed by atoms with Crippen molar-refractivity contribution in [2.75, 3.05) is 0 Å². The molecule has 1 heterocycles. The van der Waals surface area contributed by atoms with Gasteiger partial charge in [-0.15, -0.1) is 0 Å². The molecule has 1 N–H and O–H groups in total. The lowest BCUT2D eigenvalue weighted by atomic mass is 9.85. The summed E-state index contributed by atoms with van der Waals surface area (Å²) in [6, 6.07) is 8.07. The summed E-state index contributed by atoms with van der Waals surface area (Å²) in [5.74, 6) is 2.98. The van der Waals surface area contributed by atoms with Crippen LogP contribution in [0.1, 0.15) is 80.9 Å². The Morgan fingerprint density at radius 2 is 2.04 bits per heavy atom. The molecule has 0 bridgehead atoms. The third kappa shape index (κ3) is 4.04. The molecule has 2 aromatic rings. The highest BCUT2D eigenvalue weighted by atomic mass is 16.5. The molecule has 4 nitrogen and oxygen atoms in total. The van der Waals surface area contributed by atoms with Gasteiger partial charge in [-0.3, -0.25) is 0 Å². The maximum Gasteiger partial charge on any atom is 0.120 e. The molecule has 1 aromatic heterocycles. The van der Waals surface area contributed by atoms with Crippen molar-refractivity contribution in [2.45, 2.75) is 70.8 Å². The first kappa shape index (κ1) is 17.5. The van der Waals surface area contributed by atoms with E-state index in [1.54, 1.807) is 0 Å². The van der Waals surface area contributed by atoms with Gasteiger partial charge in [0.2, 0.25) is 0 Å². The van der Waals surface area contributed by atoms with Gasteiger partial charge < -0.3 is 9.72 Å². The number of aromatic nitrogens is 2. The Morgan fingerprint density at radius 1 is 1.28 bits per heavy atom. The van der Waals surface area contributed by atoms with E-state index in [9.17, 15) is 0 Å². The van der Waals surface area contributed by atoms with E-state index in [-0.39, 0.29) is 6.10 Å². The number of aromatic amines is 1. The smallest absolute Gasteiger partial charge is 0.120 e. The Labute approximate surface area is 150 Å². The van der Waals surface area contributed by atoms with Crippen LogP contribution in [-0.4, -0.2) is 16.1 Å². The van der Waals surface area contributed by atoms with Gasteiger partial charge in [0, 0.05) is 23.7 Å². The monoisotopic (exact) mass is 337 g/mol. The molecule has 4 heteroatoms. The molecule has 1 aliphatic carbocycles. The van der Waals surface area contributed by atoms with Gasteiger partial charge in [0.25, 0.3) is 0 Å². The summed E-state index contributed by atoms with van der Waals surface area (Å²) in [6.45, 7) is 6.39. The summed E-state index contributed by atoms with van der Waals surface area (Å²) in [4.78, 5) is 7.99. The van der Waals surface area contributed by atoms with Gasteiger partial charge in [-0.25, -0.2) is 4.98 Å². The molecule has 0 aliphatic heterocycles. The number of benzene rings is 1. The molecule has 0 spiro atoms. The van der Waals surface area contributed by atoms with E-state index >= 15 is 0 Å². The van der Waals surface area contributed by atoms with E-state index in [1.165, 1.54) is 5.69 Å². The third-order valence-corrected chi connectivity index (χ3v) is 5.16. The van der Waals surface area contributed by atoms with Crippen LogP contribution in [0.5, 0.6) is 5.75 Å². The number of H-pyrrole nitrogens is 1. The van der Waals surface area contributed by atoms with Crippen LogP contribution in [0, 0.1) is 11.3 Å². The van der Waals surface area contributed by atoms with Crippen molar-refractivity contribution < 1.29 is 4.74 Å². The fraction of sp³-hybridized carbons (Fsp3) is 0.524. The van der Waals surface area contributed by atoms with Crippen molar-refractivity contribution in [3.05, 3.63) is 47.0 Å². The Hall–Kier alpha value is -2.28. The van der Waals surface area contributed by atoms with Crippen LogP contribution in [0.2, 0.25) is 0 Å². The van der Waals surface area contributed by atoms with Gasteiger partial charge in [-0.2, -0.15) is 5.26 Å². The molecule has 0 atom stereocenters. The second-order valence-corrected chi connectivity index (χ2v) is 7.25. The van der Waals surface area contributed by atoms with Gasteiger partial charge in [-0.1, -0.05) is 20.8 Å². The van der Waals surface area contributed by atoms with E-state index < -0.39 is 0 Å². The normalized spacial score (nSPS) is 20.4. The van der Waals surface area contributed by atoms with Crippen LogP contribution in [0.3, 0.4) is 0 Å². The number of imidazole rings is 1. The van der Waals surface area contributed by atoms with Crippen molar-refractivity contribution in [1.82, 2.24) is 9.97 Å². The van der Waals surface area contributed by atoms with Crippen LogP contribution in [0.15, 0.2) is 24.4 Å². The van der Waals surface area contributed by atoms with Gasteiger partial charge in [-0.05, 0) is 55.9 Å². The number of hydrogen-bond acceptors (Lipinski definition) is 3. The summed E-state index contributed by atoms with van der Waals surface area (Å²) in [7, 11) is 0. The fourth-order valence-electron chi connectivity index (χ4n) is 3.58. The predicted octanol–water partition coefficient (Wildman–Crippen LogP) is 5.07. The van der Waals surface area contributed by atoms with E-state index in [4.69, 9.17) is 10.00 Å². The second-order valence-electron chi connectivity index (χ2n) is 7.25. The Bertz CT molecular complexity index is 749. The minimum atomic E-state index is 0.265. The van der Waals surface area contributed by atoms with Crippen LogP contribution >= 0.6 is 0 Å². The topological polar surface area (TPSA) is 61.7 Å². The van der Waals surface area contributed by atoms with Crippen molar-refractivity contribution in [3.63, 3.8) is 0 Å². The van der Waals surface area contributed by atoms with Gasteiger partial charge in [0.15, 0.2) is 0 Å². The van der Waals surface area contributed by atoms with Gasteiger partial charge in [0.1, 0.15) is 11.6 Å². The SMILES string of the molecule is CCc1cc(OC2CCC(c3cnc(C(C)C)[nH]3)CC2)ccc1C#N. The average molecular weight is 337 g/mol. The molecule has 25 heavy (non-hydrogen) atoms. The summed E-state index contributed by atoms with van der Waals surface area (Å²) in [6.07, 6.45) is 7.49. The zero-order valence-electron chi connectivity index (χ0n) is 15.4. The lowest BCUT2D eigenvalue weighted by Crippen LogP contribution is -2.23. The predicted molar refractivity (Wildman–Crippen MR) is 98.8 cm³/mol. The molecule has 1 fully saturated rings. The lowest BCUT2D eigenvalue weighted by molar-refractivity contribution is 0.145. The molecular weight excluding hydrogens is 310 g/mol. The Balaban J connectivity index is 1.58. The van der Waals surface area contributed by atoms with E-state index in [2.05, 4.69) is 36.8 Å². The average Bonchev–Trinajstić information content (AvgIpc) is 3.12. The maximum atomic E-state index is 9.14. The molecule has 1 aliphatic rings.